The van der Waals surface area contributed by atoms with Gasteiger partial charge in [0.2, 0.25) is 0 Å². The van der Waals surface area contributed by atoms with Crippen LogP contribution in [0, 0.1) is 0 Å². The maximum Gasteiger partial charge on any atom is 0.255 e. The monoisotopic (exact) mass is 304 g/mol. The van der Waals surface area contributed by atoms with Crippen LogP contribution in [0.4, 0.5) is 0 Å². The number of nitrogens with one attached hydrogen (secondary N) is 3. The Bertz CT molecular complexity index is 634. The Kier molecular flexibility index (Phi) is 4.22. The highest BCUT2D eigenvalue weighted by Gasteiger charge is 2.21. The van der Waals surface area contributed by atoms with Gasteiger partial charge in [0.05, 0.1) is 17.5 Å². The molecule has 5 nitrogen and oxygen atoms in total. The Morgan fingerprint density at radius 2 is 2.24 bits per heavy atom. The summed E-state index contributed by atoms with van der Waals surface area (Å²) in [6.07, 6.45) is 3.62. The van der Waals surface area contributed by atoms with E-state index in [1.807, 2.05) is 18.2 Å². The molecule has 110 valence electrons. The first-order chi connectivity index (χ1) is 10.3. The molecule has 1 atom stereocenters. The van der Waals surface area contributed by atoms with Gasteiger partial charge in [0.1, 0.15) is 0 Å². The molecular weight excluding hydrogens is 288 g/mol. The highest BCUT2D eigenvalue weighted by molar-refractivity contribution is 6.33. The molecule has 3 rings (SSSR count). The van der Waals surface area contributed by atoms with Crippen LogP contribution in [0.5, 0.6) is 0 Å². The fraction of sp³-hybridized carbons (Fsp3) is 0.333. The van der Waals surface area contributed by atoms with Gasteiger partial charge in [0.15, 0.2) is 0 Å². The number of hydrogen-bond donors (Lipinski definition) is 3. The standard InChI is InChI=1S/C15H17ClN4O/c16-13-6-2-1-5-11(13)14-12(9-18-20-14)15(21)19-10-4-3-7-17-8-10/h1-2,5-6,9-10,17H,3-4,7-8H2,(H,18,20)(H,19,21)/t10-/m0/s1. The zero-order chi connectivity index (χ0) is 14.7. The number of nitrogens with zero attached hydrogens (tertiary/aromatic N) is 1. The van der Waals surface area contributed by atoms with E-state index in [9.17, 15) is 4.79 Å². The number of benzene rings is 1. The van der Waals surface area contributed by atoms with Crippen molar-refractivity contribution in [2.75, 3.05) is 13.1 Å². The average Bonchev–Trinajstić information content (AvgIpc) is 2.98. The summed E-state index contributed by atoms with van der Waals surface area (Å²) in [5.41, 5.74) is 1.96. The van der Waals surface area contributed by atoms with Crippen LogP contribution >= 0.6 is 11.6 Å². The first kappa shape index (κ1) is 14.1. The minimum Gasteiger partial charge on any atom is -0.348 e. The molecule has 1 fully saturated rings. The third kappa shape index (κ3) is 3.09. The lowest BCUT2D eigenvalue weighted by Gasteiger charge is -2.23. The number of H-pyrrole nitrogens is 1. The number of halogens is 1. The van der Waals surface area contributed by atoms with E-state index in [1.54, 1.807) is 12.3 Å². The summed E-state index contributed by atoms with van der Waals surface area (Å²) in [5, 5.41) is 13.8. The summed E-state index contributed by atoms with van der Waals surface area (Å²) in [5.74, 6) is -0.118. The van der Waals surface area contributed by atoms with Gasteiger partial charge in [-0.05, 0) is 25.5 Å². The van der Waals surface area contributed by atoms with Gasteiger partial charge in [0.25, 0.3) is 5.91 Å². The molecule has 2 heterocycles. The zero-order valence-corrected chi connectivity index (χ0v) is 12.3. The fourth-order valence-electron chi connectivity index (χ4n) is 2.57. The molecule has 1 aliphatic rings. The van der Waals surface area contributed by atoms with E-state index >= 15 is 0 Å². The lowest BCUT2D eigenvalue weighted by atomic mass is 10.1. The van der Waals surface area contributed by atoms with Crippen LogP contribution in [0.15, 0.2) is 30.5 Å². The second-order valence-corrected chi connectivity index (χ2v) is 5.56. The lowest BCUT2D eigenvalue weighted by molar-refractivity contribution is 0.0931. The minimum atomic E-state index is -0.118. The van der Waals surface area contributed by atoms with E-state index < -0.39 is 0 Å². The summed E-state index contributed by atoms with van der Waals surface area (Å²) >= 11 is 6.19. The van der Waals surface area contributed by atoms with Gasteiger partial charge in [-0.2, -0.15) is 5.10 Å². The minimum absolute atomic E-state index is 0.118. The van der Waals surface area contributed by atoms with Gasteiger partial charge in [-0.1, -0.05) is 29.8 Å². The van der Waals surface area contributed by atoms with Crippen LogP contribution < -0.4 is 10.6 Å². The van der Waals surface area contributed by atoms with Crippen molar-refractivity contribution in [1.29, 1.82) is 0 Å². The van der Waals surface area contributed by atoms with E-state index in [-0.39, 0.29) is 11.9 Å². The number of aromatic nitrogens is 2. The van der Waals surface area contributed by atoms with Gasteiger partial charge >= 0.3 is 0 Å². The molecule has 1 aliphatic heterocycles. The van der Waals surface area contributed by atoms with Crippen molar-refractivity contribution in [3.05, 3.63) is 41.0 Å². The molecule has 1 aromatic carbocycles. The van der Waals surface area contributed by atoms with Crippen molar-refractivity contribution < 1.29 is 4.79 Å². The summed E-state index contributed by atoms with van der Waals surface area (Å²) in [6, 6.07) is 7.57. The van der Waals surface area contributed by atoms with Gasteiger partial charge in [-0.25, -0.2) is 0 Å². The number of carbonyl (C=O) groups is 1. The number of hydrogen-bond acceptors (Lipinski definition) is 3. The van der Waals surface area contributed by atoms with Crippen LogP contribution in [0.1, 0.15) is 23.2 Å². The molecule has 6 heteroatoms. The Hall–Kier alpha value is -1.85. The molecule has 0 unspecified atom stereocenters. The van der Waals surface area contributed by atoms with Crippen LogP contribution in [0.25, 0.3) is 11.3 Å². The normalized spacial score (nSPS) is 18.4. The van der Waals surface area contributed by atoms with E-state index in [0.29, 0.717) is 16.3 Å². The summed E-state index contributed by atoms with van der Waals surface area (Å²) < 4.78 is 0. The van der Waals surface area contributed by atoms with Crippen molar-refractivity contribution >= 4 is 17.5 Å². The Morgan fingerprint density at radius 1 is 1.38 bits per heavy atom. The largest absolute Gasteiger partial charge is 0.348 e. The van der Waals surface area contributed by atoms with Crippen LogP contribution in [-0.4, -0.2) is 35.2 Å². The van der Waals surface area contributed by atoms with Crippen LogP contribution in [-0.2, 0) is 0 Å². The Labute approximate surface area is 128 Å². The smallest absolute Gasteiger partial charge is 0.255 e. The van der Waals surface area contributed by atoms with E-state index in [0.717, 1.165) is 31.5 Å². The van der Waals surface area contributed by atoms with Crippen molar-refractivity contribution in [2.24, 2.45) is 0 Å². The average molecular weight is 305 g/mol. The maximum absolute atomic E-state index is 12.4. The molecule has 0 aliphatic carbocycles. The molecule has 0 bridgehead atoms. The first-order valence-corrected chi connectivity index (χ1v) is 7.43. The van der Waals surface area contributed by atoms with Gasteiger partial charge in [-0.15, -0.1) is 0 Å². The van der Waals surface area contributed by atoms with Crippen molar-refractivity contribution in [3.8, 4) is 11.3 Å². The van der Waals surface area contributed by atoms with Crippen LogP contribution in [0.2, 0.25) is 5.02 Å². The zero-order valence-electron chi connectivity index (χ0n) is 11.5. The SMILES string of the molecule is O=C(N[C@H]1CCCNC1)c1cn[nH]c1-c1ccccc1Cl. The van der Waals surface area contributed by atoms with Crippen molar-refractivity contribution in [1.82, 2.24) is 20.8 Å². The molecule has 3 N–H and O–H groups in total. The molecule has 1 saturated heterocycles. The van der Waals surface area contributed by atoms with E-state index in [1.165, 1.54) is 0 Å². The molecule has 21 heavy (non-hydrogen) atoms. The number of carbonyl (C=O) groups excluding carboxylic acids is 1. The van der Waals surface area contributed by atoms with E-state index in [4.69, 9.17) is 11.6 Å². The summed E-state index contributed by atoms with van der Waals surface area (Å²) in [4.78, 5) is 12.4. The number of piperidine rings is 1. The fourth-order valence-corrected chi connectivity index (χ4v) is 2.80. The Balaban J connectivity index is 1.82. The number of rotatable bonds is 3. The molecule has 0 saturated carbocycles. The Morgan fingerprint density at radius 3 is 3.00 bits per heavy atom. The second-order valence-electron chi connectivity index (χ2n) is 5.16. The molecule has 0 radical (unpaired) electrons. The summed E-state index contributed by atoms with van der Waals surface area (Å²) in [6.45, 7) is 1.83. The topological polar surface area (TPSA) is 69.8 Å². The van der Waals surface area contributed by atoms with Gasteiger partial charge in [0, 0.05) is 23.2 Å². The third-order valence-corrected chi connectivity index (χ3v) is 3.99. The molecule has 1 aromatic heterocycles. The molecule has 1 amide bonds. The first-order valence-electron chi connectivity index (χ1n) is 7.05. The van der Waals surface area contributed by atoms with E-state index in [2.05, 4.69) is 20.8 Å². The highest BCUT2D eigenvalue weighted by Crippen LogP contribution is 2.28. The molecule has 0 spiro atoms. The molecular formula is C15H17ClN4O. The quantitative estimate of drug-likeness (QED) is 0.814. The maximum atomic E-state index is 12.4. The number of aromatic amines is 1. The van der Waals surface area contributed by atoms with Gasteiger partial charge < -0.3 is 10.6 Å². The summed E-state index contributed by atoms with van der Waals surface area (Å²) in [7, 11) is 0. The van der Waals surface area contributed by atoms with Gasteiger partial charge in [-0.3, -0.25) is 9.89 Å². The predicted octanol–water partition coefficient (Wildman–Crippen LogP) is 2.21. The lowest BCUT2D eigenvalue weighted by Crippen LogP contribution is -2.45. The number of amides is 1. The highest BCUT2D eigenvalue weighted by atomic mass is 35.5. The second kappa shape index (κ2) is 6.28. The van der Waals surface area contributed by atoms with Crippen molar-refractivity contribution in [2.45, 2.75) is 18.9 Å². The third-order valence-electron chi connectivity index (χ3n) is 3.66. The predicted molar refractivity (Wildman–Crippen MR) is 82.4 cm³/mol. The molecule has 2 aromatic rings. The van der Waals surface area contributed by atoms with Crippen LogP contribution in [0.3, 0.4) is 0 Å². The van der Waals surface area contributed by atoms with Crippen molar-refractivity contribution in [3.63, 3.8) is 0 Å².